The van der Waals surface area contributed by atoms with Gasteiger partial charge >= 0.3 is 0 Å². The number of thioether (sulfide) groups is 1. The van der Waals surface area contributed by atoms with Crippen molar-refractivity contribution in [1.82, 2.24) is 4.90 Å². The molecule has 0 amide bonds. The van der Waals surface area contributed by atoms with E-state index >= 15 is 0 Å². The molecule has 2 saturated heterocycles. The summed E-state index contributed by atoms with van der Waals surface area (Å²) in [4.78, 5) is 2.63. The van der Waals surface area contributed by atoms with E-state index in [1.807, 2.05) is 0 Å². The number of fused-ring (bicyclic) bond motifs is 1. The Morgan fingerprint density at radius 2 is 2.33 bits per heavy atom. The van der Waals surface area contributed by atoms with Gasteiger partial charge in [-0.25, -0.2) is 0 Å². The van der Waals surface area contributed by atoms with Crippen LogP contribution in [0.2, 0.25) is 0 Å². The van der Waals surface area contributed by atoms with Crippen LogP contribution in [0.1, 0.15) is 19.3 Å². The van der Waals surface area contributed by atoms with Gasteiger partial charge in [0.1, 0.15) is 0 Å². The van der Waals surface area contributed by atoms with E-state index in [1.165, 1.54) is 37.4 Å². The molecule has 1 atom stereocenters. The molecule has 2 heterocycles. The van der Waals surface area contributed by atoms with E-state index in [9.17, 15) is 0 Å². The molecule has 0 aliphatic carbocycles. The molecule has 1 nitrogen and oxygen atoms in total. The Labute approximate surface area is 60.8 Å². The van der Waals surface area contributed by atoms with Crippen LogP contribution < -0.4 is 0 Å². The summed E-state index contributed by atoms with van der Waals surface area (Å²) in [6, 6.07) is 0.962. The van der Waals surface area contributed by atoms with E-state index in [-0.39, 0.29) is 0 Å². The lowest BCUT2D eigenvalue weighted by Gasteiger charge is -2.27. The largest absolute Gasteiger partial charge is 0.290 e. The highest BCUT2D eigenvalue weighted by Crippen LogP contribution is 2.27. The lowest BCUT2D eigenvalue weighted by Crippen LogP contribution is -2.35. The number of hydrogen-bond acceptors (Lipinski definition) is 2. The van der Waals surface area contributed by atoms with Crippen molar-refractivity contribution in [2.24, 2.45) is 0 Å². The van der Waals surface area contributed by atoms with E-state index in [1.54, 1.807) is 0 Å². The summed E-state index contributed by atoms with van der Waals surface area (Å²) in [5.41, 5.74) is 0. The van der Waals surface area contributed by atoms with Gasteiger partial charge in [-0.15, -0.1) is 11.8 Å². The standard InChI is InChI=1S/C7H13NS/c1-2-4-8-6-9-5-7(8)3-1/h7H,1-6H2. The molecular formula is C7H13NS. The third-order valence-electron chi connectivity index (χ3n) is 2.32. The van der Waals surface area contributed by atoms with E-state index < -0.39 is 0 Å². The summed E-state index contributed by atoms with van der Waals surface area (Å²) in [6.45, 7) is 1.37. The van der Waals surface area contributed by atoms with Crippen LogP contribution in [0.4, 0.5) is 0 Å². The SMILES string of the molecule is C1CCN2CSCC2C1. The molecule has 0 radical (unpaired) electrons. The molecule has 52 valence electrons. The third kappa shape index (κ3) is 1.10. The van der Waals surface area contributed by atoms with Gasteiger partial charge in [-0.3, -0.25) is 4.90 Å². The van der Waals surface area contributed by atoms with Crippen LogP contribution in [0.3, 0.4) is 0 Å². The van der Waals surface area contributed by atoms with Crippen molar-refractivity contribution < 1.29 is 0 Å². The molecule has 2 aliphatic rings. The molecule has 0 aromatic carbocycles. The Morgan fingerprint density at radius 1 is 1.33 bits per heavy atom. The fourth-order valence-electron chi connectivity index (χ4n) is 1.72. The predicted octanol–water partition coefficient (Wildman–Crippen LogP) is 1.55. The monoisotopic (exact) mass is 143 g/mol. The average Bonchev–Trinajstić information content (AvgIpc) is 2.33. The molecule has 0 aromatic heterocycles. The minimum atomic E-state index is 0.962. The van der Waals surface area contributed by atoms with Gasteiger partial charge in [0.25, 0.3) is 0 Å². The molecule has 9 heavy (non-hydrogen) atoms. The molecule has 0 spiro atoms. The zero-order valence-electron chi connectivity index (χ0n) is 5.68. The molecule has 0 saturated carbocycles. The van der Waals surface area contributed by atoms with Gasteiger partial charge in [-0.1, -0.05) is 6.42 Å². The van der Waals surface area contributed by atoms with Gasteiger partial charge in [-0.2, -0.15) is 0 Å². The highest BCUT2D eigenvalue weighted by molar-refractivity contribution is 7.99. The summed E-state index contributed by atoms with van der Waals surface area (Å²) in [5, 5.41) is 0. The normalized spacial score (nSPS) is 36.7. The lowest BCUT2D eigenvalue weighted by molar-refractivity contribution is 0.207. The Hall–Kier alpha value is 0.310. The highest BCUT2D eigenvalue weighted by Gasteiger charge is 2.26. The minimum Gasteiger partial charge on any atom is -0.290 e. The molecule has 2 heteroatoms. The summed E-state index contributed by atoms with van der Waals surface area (Å²) in [7, 11) is 0. The summed E-state index contributed by atoms with van der Waals surface area (Å²) in [5.74, 6) is 2.71. The van der Waals surface area contributed by atoms with Crippen molar-refractivity contribution >= 4 is 11.8 Å². The van der Waals surface area contributed by atoms with Crippen molar-refractivity contribution in [1.29, 1.82) is 0 Å². The Balaban J connectivity index is 1.97. The van der Waals surface area contributed by atoms with Crippen molar-refractivity contribution in [3.8, 4) is 0 Å². The molecule has 0 N–H and O–H groups in total. The average molecular weight is 143 g/mol. The van der Waals surface area contributed by atoms with E-state index in [0.29, 0.717) is 0 Å². The Kier molecular flexibility index (Phi) is 1.68. The zero-order valence-corrected chi connectivity index (χ0v) is 6.49. The molecule has 2 aliphatic heterocycles. The molecule has 0 bridgehead atoms. The zero-order chi connectivity index (χ0) is 6.10. The fraction of sp³-hybridized carbons (Fsp3) is 1.00. The first-order chi connectivity index (χ1) is 4.47. The van der Waals surface area contributed by atoms with E-state index in [0.717, 1.165) is 6.04 Å². The number of hydrogen-bond donors (Lipinski definition) is 0. The second kappa shape index (κ2) is 2.51. The van der Waals surface area contributed by atoms with E-state index in [2.05, 4.69) is 16.7 Å². The number of nitrogens with zero attached hydrogens (tertiary/aromatic N) is 1. The minimum absolute atomic E-state index is 0.962. The maximum Gasteiger partial charge on any atom is 0.0448 e. The first-order valence-corrected chi connectivity index (χ1v) is 4.94. The van der Waals surface area contributed by atoms with Gasteiger partial charge in [0.15, 0.2) is 0 Å². The Bertz CT molecular complexity index is 93.1. The van der Waals surface area contributed by atoms with Crippen LogP contribution in [0.5, 0.6) is 0 Å². The molecule has 1 unspecified atom stereocenters. The highest BCUT2D eigenvalue weighted by atomic mass is 32.2. The van der Waals surface area contributed by atoms with Crippen LogP contribution in [-0.2, 0) is 0 Å². The number of rotatable bonds is 0. The second-order valence-electron chi connectivity index (χ2n) is 2.96. The third-order valence-corrected chi connectivity index (χ3v) is 3.45. The molecule has 0 aromatic rings. The summed E-state index contributed by atoms with van der Waals surface area (Å²) < 4.78 is 0. The van der Waals surface area contributed by atoms with Crippen LogP contribution in [-0.4, -0.2) is 29.1 Å². The lowest BCUT2D eigenvalue weighted by atomic mass is 10.1. The first-order valence-electron chi connectivity index (χ1n) is 3.78. The topological polar surface area (TPSA) is 3.24 Å². The molecule has 2 rings (SSSR count). The van der Waals surface area contributed by atoms with Crippen LogP contribution in [0.25, 0.3) is 0 Å². The van der Waals surface area contributed by atoms with Crippen molar-refractivity contribution in [3.05, 3.63) is 0 Å². The van der Waals surface area contributed by atoms with Gasteiger partial charge in [0.2, 0.25) is 0 Å². The van der Waals surface area contributed by atoms with Crippen molar-refractivity contribution in [3.63, 3.8) is 0 Å². The van der Waals surface area contributed by atoms with Crippen LogP contribution in [0.15, 0.2) is 0 Å². The quantitative estimate of drug-likeness (QED) is 0.506. The summed E-state index contributed by atoms with van der Waals surface area (Å²) >= 11 is 2.11. The summed E-state index contributed by atoms with van der Waals surface area (Å²) in [6.07, 6.45) is 4.38. The van der Waals surface area contributed by atoms with Gasteiger partial charge < -0.3 is 0 Å². The van der Waals surface area contributed by atoms with Crippen molar-refractivity contribution in [2.75, 3.05) is 18.2 Å². The van der Waals surface area contributed by atoms with E-state index in [4.69, 9.17) is 0 Å². The second-order valence-corrected chi connectivity index (χ2v) is 3.96. The van der Waals surface area contributed by atoms with Gasteiger partial charge in [0.05, 0.1) is 0 Å². The Morgan fingerprint density at radius 3 is 3.22 bits per heavy atom. The predicted molar refractivity (Wildman–Crippen MR) is 41.7 cm³/mol. The van der Waals surface area contributed by atoms with Crippen LogP contribution in [0, 0.1) is 0 Å². The smallest absolute Gasteiger partial charge is 0.0448 e. The van der Waals surface area contributed by atoms with Crippen molar-refractivity contribution in [2.45, 2.75) is 25.3 Å². The fourth-order valence-corrected chi connectivity index (χ4v) is 3.05. The first kappa shape index (κ1) is 6.05. The van der Waals surface area contributed by atoms with Crippen LogP contribution >= 0.6 is 11.8 Å². The van der Waals surface area contributed by atoms with Gasteiger partial charge in [0, 0.05) is 17.7 Å². The number of piperidine rings is 1. The van der Waals surface area contributed by atoms with Gasteiger partial charge in [-0.05, 0) is 19.4 Å². The molecule has 2 fully saturated rings. The maximum atomic E-state index is 2.63. The molecular weight excluding hydrogens is 130 g/mol. The maximum absolute atomic E-state index is 2.63.